The predicted molar refractivity (Wildman–Crippen MR) is 71.3 cm³/mol. The number of carbonyl (C=O) groups is 1. The van der Waals surface area contributed by atoms with Crippen LogP contribution in [0.2, 0.25) is 0 Å². The highest BCUT2D eigenvalue weighted by molar-refractivity contribution is 9.10. The molecule has 92 valence electrons. The van der Waals surface area contributed by atoms with E-state index in [1.807, 2.05) is 12.1 Å². The summed E-state index contributed by atoms with van der Waals surface area (Å²) in [5, 5.41) is 9.04. The maximum absolute atomic E-state index is 11.0. The maximum Gasteiger partial charge on any atom is 0.306 e. The fourth-order valence-electron chi connectivity index (χ4n) is 2.27. The van der Waals surface area contributed by atoms with E-state index in [9.17, 15) is 4.79 Å². The van der Waals surface area contributed by atoms with Crippen molar-refractivity contribution in [2.45, 2.75) is 19.3 Å². The highest BCUT2D eigenvalue weighted by atomic mass is 79.9. The van der Waals surface area contributed by atoms with Crippen molar-refractivity contribution in [2.24, 2.45) is 5.92 Å². The molecule has 0 saturated carbocycles. The van der Waals surface area contributed by atoms with Crippen molar-refractivity contribution in [2.75, 3.05) is 18.0 Å². The van der Waals surface area contributed by atoms with Crippen LogP contribution in [-0.2, 0) is 4.79 Å². The molecule has 0 spiro atoms. The zero-order chi connectivity index (χ0) is 12.3. The van der Waals surface area contributed by atoms with Crippen LogP contribution in [-0.4, -0.2) is 24.2 Å². The summed E-state index contributed by atoms with van der Waals surface area (Å²) in [6.45, 7) is 1.77. The van der Waals surface area contributed by atoms with E-state index < -0.39 is 5.97 Å². The molecular weight excluding hydrogens is 282 g/mol. The van der Waals surface area contributed by atoms with E-state index in [2.05, 4.69) is 33.0 Å². The molecule has 17 heavy (non-hydrogen) atoms. The third-order valence-corrected chi connectivity index (χ3v) is 3.74. The number of aliphatic carboxylic acids is 1. The molecule has 1 atom stereocenters. The highest BCUT2D eigenvalue weighted by Gasteiger charge is 2.22. The molecule has 1 aliphatic rings. The third kappa shape index (κ3) is 3.22. The van der Waals surface area contributed by atoms with Crippen molar-refractivity contribution in [1.29, 1.82) is 0 Å². The number of anilines is 1. The number of carboxylic acids is 1. The first-order valence-electron chi connectivity index (χ1n) is 5.90. The van der Waals surface area contributed by atoms with E-state index in [0.717, 1.165) is 36.8 Å². The second-order valence-electron chi connectivity index (χ2n) is 4.43. The fourth-order valence-corrected chi connectivity index (χ4v) is 2.66. The van der Waals surface area contributed by atoms with Crippen LogP contribution in [0.25, 0.3) is 0 Å². The SMILES string of the molecule is O=C(O)C1CCCN(c2cccc(Br)c2)CC1. The van der Waals surface area contributed by atoms with Gasteiger partial charge in [0, 0.05) is 23.2 Å². The van der Waals surface area contributed by atoms with Crippen LogP contribution in [0.3, 0.4) is 0 Å². The monoisotopic (exact) mass is 297 g/mol. The summed E-state index contributed by atoms with van der Waals surface area (Å²) in [5.41, 5.74) is 1.17. The Morgan fingerprint density at radius 3 is 2.88 bits per heavy atom. The van der Waals surface area contributed by atoms with Crippen molar-refractivity contribution in [3.63, 3.8) is 0 Å². The molecule has 1 aliphatic heterocycles. The lowest BCUT2D eigenvalue weighted by Crippen LogP contribution is -2.24. The van der Waals surface area contributed by atoms with Gasteiger partial charge in [0.15, 0.2) is 0 Å². The van der Waals surface area contributed by atoms with Crippen LogP contribution in [0.4, 0.5) is 5.69 Å². The van der Waals surface area contributed by atoms with Crippen molar-refractivity contribution in [3.8, 4) is 0 Å². The summed E-state index contributed by atoms with van der Waals surface area (Å²) in [6.07, 6.45) is 2.48. The van der Waals surface area contributed by atoms with Gasteiger partial charge in [-0.2, -0.15) is 0 Å². The Morgan fingerprint density at radius 1 is 1.35 bits per heavy atom. The first-order valence-corrected chi connectivity index (χ1v) is 6.69. The number of halogens is 1. The van der Waals surface area contributed by atoms with Gasteiger partial charge in [0.2, 0.25) is 0 Å². The molecule has 0 aliphatic carbocycles. The number of hydrogen-bond acceptors (Lipinski definition) is 2. The van der Waals surface area contributed by atoms with E-state index in [0.29, 0.717) is 0 Å². The third-order valence-electron chi connectivity index (χ3n) is 3.25. The molecule has 0 amide bonds. The number of rotatable bonds is 2. The Labute approximate surface area is 110 Å². The molecule has 0 bridgehead atoms. The van der Waals surface area contributed by atoms with Crippen molar-refractivity contribution in [3.05, 3.63) is 28.7 Å². The summed E-state index contributed by atoms with van der Waals surface area (Å²) in [5.74, 6) is -0.826. The van der Waals surface area contributed by atoms with E-state index in [1.165, 1.54) is 5.69 Å². The van der Waals surface area contributed by atoms with Crippen LogP contribution >= 0.6 is 15.9 Å². The topological polar surface area (TPSA) is 40.5 Å². The summed E-state index contributed by atoms with van der Waals surface area (Å²) in [7, 11) is 0. The molecular formula is C13H16BrNO2. The lowest BCUT2D eigenvalue weighted by atomic mass is 10.0. The number of benzene rings is 1. The molecule has 1 aromatic carbocycles. The predicted octanol–water partition coefficient (Wildman–Crippen LogP) is 3.14. The molecule has 4 heteroatoms. The van der Waals surface area contributed by atoms with Crippen molar-refractivity contribution < 1.29 is 9.90 Å². The lowest BCUT2D eigenvalue weighted by molar-refractivity contribution is -0.142. The van der Waals surface area contributed by atoms with Gasteiger partial charge < -0.3 is 10.0 Å². The average molecular weight is 298 g/mol. The second kappa shape index (κ2) is 5.54. The second-order valence-corrected chi connectivity index (χ2v) is 5.35. The minimum absolute atomic E-state index is 0.174. The van der Waals surface area contributed by atoms with E-state index >= 15 is 0 Å². The van der Waals surface area contributed by atoms with Gasteiger partial charge in [-0.05, 0) is 37.5 Å². The van der Waals surface area contributed by atoms with Crippen molar-refractivity contribution in [1.82, 2.24) is 0 Å². The Hall–Kier alpha value is -1.03. The van der Waals surface area contributed by atoms with Gasteiger partial charge in [0.05, 0.1) is 5.92 Å². The molecule has 2 rings (SSSR count). The Kier molecular flexibility index (Phi) is 4.05. The summed E-state index contributed by atoms with van der Waals surface area (Å²) < 4.78 is 1.06. The largest absolute Gasteiger partial charge is 0.481 e. The minimum Gasteiger partial charge on any atom is -0.481 e. The first kappa shape index (κ1) is 12.4. The maximum atomic E-state index is 11.0. The minimum atomic E-state index is -0.652. The normalized spacial score (nSPS) is 21.0. The lowest BCUT2D eigenvalue weighted by Gasteiger charge is -2.22. The van der Waals surface area contributed by atoms with E-state index in [1.54, 1.807) is 0 Å². The summed E-state index contributed by atoms with van der Waals surface area (Å²) in [4.78, 5) is 13.2. The van der Waals surface area contributed by atoms with Crippen LogP contribution in [0.5, 0.6) is 0 Å². The van der Waals surface area contributed by atoms with Crippen molar-refractivity contribution >= 4 is 27.6 Å². The molecule has 3 nitrogen and oxygen atoms in total. The Balaban J connectivity index is 2.06. The number of carboxylic acid groups (broad SMARTS) is 1. The quantitative estimate of drug-likeness (QED) is 0.912. The van der Waals surface area contributed by atoms with E-state index in [-0.39, 0.29) is 5.92 Å². The molecule has 0 aromatic heterocycles. The average Bonchev–Trinajstić information content (AvgIpc) is 2.54. The fraction of sp³-hybridized carbons (Fsp3) is 0.462. The van der Waals surface area contributed by atoms with E-state index in [4.69, 9.17) is 5.11 Å². The molecule has 1 saturated heterocycles. The van der Waals surface area contributed by atoms with Crippen LogP contribution in [0, 0.1) is 5.92 Å². The standard InChI is InChI=1S/C13H16BrNO2/c14-11-4-1-5-12(9-11)15-7-2-3-10(6-8-15)13(16)17/h1,4-5,9-10H,2-3,6-8H2,(H,16,17). The Bertz CT molecular complexity index is 408. The Morgan fingerprint density at radius 2 is 2.18 bits per heavy atom. The molecule has 1 heterocycles. The number of nitrogens with zero attached hydrogens (tertiary/aromatic N) is 1. The van der Waals surface area contributed by atoms with Crippen LogP contribution in [0.15, 0.2) is 28.7 Å². The van der Waals surface area contributed by atoms with Gasteiger partial charge >= 0.3 is 5.97 Å². The van der Waals surface area contributed by atoms with Gasteiger partial charge in [-0.1, -0.05) is 22.0 Å². The number of hydrogen-bond donors (Lipinski definition) is 1. The highest BCUT2D eigenvalue weighted by Crippen LogP contribution is 2.25. The summed E-state index contributed by atoms with van der Waals surface area (Å²) in [6, 6.07) is 8.17. The molecule has 1 fully saturated rings. The van der Waals surface area contributed by atoms with Gasteiger partial charge in [-0.15, -0.1) is 0 Å². The smallest absolute Gasteiger partial charge is 0.306 e. The van der Waals surface area contributed by atoms with Gasteiger partial charge in [-0.25, -0.2) is 0 Å². The molecule has 1 N–H and O–H groups in total. The molecule has 1 aromatic rings. The zero-order valence-electron chi connectivity index (χ0n) is 9.60. The van der Waals surface area contributed by atoms with Gasteiger partial charge in [-0.3, -0.25) is 4.79 Å². The molecule has 1 unspecified atom stereocenters. The summed E-state index contributed by atoms with van der Waals surface area (Å²) >= 11 is 3.46. The van der Waals surface area contributed by atoms with Gasteiger partial charge in [0.1, 0.15) is 0 Å². The molecule has 0 radical (unpaired) electrons. The zero-order valence-corrected chi connectivity index (χ0v) is 11.2. The van der Waals surface area contributed by atoms with Crippen LogP contribution < -0.4 is 4.90 Å². The van der Waals surface area contributed by atoms with Gasteiger partial charge in [0.25, 0.3) is 0 Å². The first-order chi connectivity index (χ1) is 8.16. The van der Waals surface area contributed by atoms with Crippen LogP contribution in [0.1, 0.15) is 19.3 Å².